The zero-order valence-electron chi connectivity index (χ0n) is 14.8. The van der Waals surface area contributed by atoms with Gasteiger partial charge in [0, 0.05) is 10.0 Å². The molecule has 2 rings (SSSR count). The molecule has 0 saturated heterocycles. The van der Waals surface area contributed by atoms with Crippen LogP contribution in [0.3, 0.4) is 0 Å². The lowest BCUT2D eigenvalue weighted by Crippen LogP contribution is -2.24. The predicted octanol–water partition coefficient (Wildman–Crippen LogP) is 4.83. The van der Waals surface area contributed by atoms with Crippen molar-refractivity contribution < 1.29 is 19.4 Å². The summed E-state index contributed by atoms with van der Waals surface area (Å²) in [5, 5.41) is 13.8. The molecule has 0 unspecified atom stereocenters. The molecular formula is C18H17Br3N2O4. The molecule has 144 valence electrons. The van der Waals surface area contributed by atoms with Crippen molar-refractivity contribution in [2.75, 3.05) is 13.7 Å². The van der Waals surface area contributed by atoms with Gasteiger partial charge in [-0.15, -0.1) is 0 Å². The summed E-state index contributed by atoms with van der Waals surface area (Å²) in [4.78, 5) is 12.0. The Morgan fingerprint density at radius 1 is 1.22 bits per heavy atom. The molecule has 9 heteroatoms. The molecule has 0 radical (unpaired) electrons. The van der Waals surface area contributed by atoms with Gasteiger partial charge in [0.1, 0.15) is 5.75 Å². The first kappa shape index (κ1) is 21.7. The van der Waals surface area contributed by atoms with Gasteiger partial charge in [-0.25, -0.2) is 5.43 Å². The fraction of sp³-hybridized carbons (Fsp3) is 0.222. The Labute approximate surface area is 182 Å². The molecule has 0 heterocycles. The van der Waals surface area contributed by atoms with Crippen LogP contribution < -0.4 is 14.9 Å². The molecule has 1 amide bonds. The molecule has 0 saturated carbocycles. The second kappa shape index (κ2) is 9.57. The Bertz CT molecular complexity index is 878. The molecule has 0 bridgehead atoms. The van der Waals surface area contributed by atoms with E-state index in [2.05, 4.69) is 58.3 Å². The number of aryl methyl sites for hydroxylation is 2. The van der Waals surface area contributed by atoms with Crippen molar-refractivity contribution in [2.24, 2.45) is 5.10 Å². The Morgan fingerprint density at radius 2 is 1.93 bits per heavy atom. The van der Waals surface area contributed by atoms with E-state index >= 15 is 0 Å². The van der Waals surface area contributed by atoms with Crippen molar-refractivity contribution in [1.82, 2.24) is 5.43 Å². The van der Waals surface area contributed by atoms with E-state index in [1.807, 2.05) is 26.0 Å². The number of hydrogen-bond acceptors (Lipinski definition) is 5. The minimum Gasteiger partial charge on any atom is -0.503 e. The van der Waals surface area contributed by atoms with E-state index in [1.165, 1.54) is 13.3 Å². The topological polar surface area (TPSA) is 80.2 Å². The molecule has 6 nitrogen and oxygen atoms in total. The summed E-state index contributed by atoms with van der Waals surface area (Å²) < 4.78 is 12.5. The van der Waals surface area contributed by atoms with E-state index in [4.69, 9.17) is 9.47 Å². The highest BCUT2D eigenvalue weighted by Crippen LogP contribution is 2.41. The molecule has 0 aliphatic carbocycles. The highest BCUT2D eigenvalue weighted by molar-refractivity contribution is 9.13. The van der Waals surface area contributed by atoms with Gasteiger partial charge >= 0.3 is 0 Å². The molecule has 2 N–H and O–H groups in total. The maximum absolute atomic E-state index is 12.0. The third-order valence-electron chi connectivity index (χ3n) is 3.51. The van der Waals surface area contributed by atoms with Gasteiger partial charge in [0.25, 0.3) is 5.91 Å². The number of halogens is 3. The van der Waals surface area contributed by atoms with Crippen LogP contribution >= 0.6 is 47.8 Å². The van der Waals surface area contributed by atoms with Gasteiger partial charge in [0.05, 0.1) is 22.3 Å². The van der Waals surface area contributed by atoms with Crippen LogP contribution in [0.1, 0.15) is 16.7 Å². The molecular weight excluding hydrogens is 548 g/mol. The largest absolute Gasteiger partial charge is 0.503 e. The number of hydrogen-bond donors (Lipinski definition) is 2. The Balaban J connectivity index is 2.01. The first-order valence-corrected chi connectivity index (χ1v) is 10.1. The van der Waals surface area contributed by atoms with Crippen molar-refractivity contribution in [3.8, 4) is 17.2 Å². The summed E-state index contributed by atoms with van der Waals surface area (Å²) in [6, 6.07) is 5.48. The van der Waals surface area contributed by atoms with E-state index < -0.39 is 5.91 Å². The summed E-state index contributed by atoms with van der Waals surface area (Å²) in [5.41, 5.74) is 5.04. The van der Waals surface area contributed by atoms with E-state index in [0.29, 0.717) is 20.3 Å². The molecule has 0 aliphatic rings. The Hall–Kier alpha value is -1.58. The number of aromatic hydroxyl groups is 1. The van der Waals surface area contributed by atoms with Crippen LogP contribution in [0.5, 0.6) is 17.2 Å². The number of nitrogens with zero attached hydrogens (tertiary/aromatic N) is 1. The molecule has 0 aliphatic heterocycles. The Kier molecular flexibility index (Phi) is 7.69. The maximum atomic E-state index is 12.0. The van der Waals surface area contributed by atoms with Gasteiger partial charge in [-0.3, -0.25) is 4.79 Å². The van der Waals surface area contributed by atoms with Crippen molar-refractivity contribution in [1.29, 1.82) is 0 Å². The minimum absolute atomic E-state index is 0.0296. The van der Waals surface area contributed by atoms with E-state index in [-0.39, 0.29) is 18.1 Å². The fourth-order valence-electron chi connectivity index (χ4n) is 2.29. The highest BCUT2D eigenvalue weighted by Gasteiger charge is 2.14. The lowest BCUT2D eigenvalue weighted by molar-refractivity contribution is -0.123. The molecule has 0 atom stereocenters. The lowest BCUT2D eigenvalue weighted by Gasteiger charge is -2.11. The summed E-state index contributed by atoms with van der Waals surface area (Å²) >= 11 is 10.0. The van der Waals surface area contributed by atoms with Crippen LogP contribution in [0.4, 0.5) is 0 Å². The third kappa shape index (κ3) is 5.46. The summed E-state index contributed by atoms with van der Waals surface area (Å²) in [7, 11) is 1.45. The predicted molar refractivity (Wildman–Crippen MR) is 115 cm³/mol. The van der Waals surface area contributed by atoms with Crippen LogP contribution in [0.15, 0.2) is 36.7 Å². The summed E-state index contributed by atoms with van der Waals surface area (Å²) in [5.74, 6) is 0.465. The van der Waals surface area contributed by atoms with Crippen molar-refractivity contribution in [3.63, 3.8) is 0 Å². The van der Waals surface area contributed by atoms with Crippen molar-refractivity contribution in [3.05, 3.63) is 48.3 Å². The summed E-state index contributed by atoms with van der Waals surface area (Å²) in [6.07, 6.45) is 1.43. The maximum Gasteiger partial charge on any atom is 0.277 e. The highest BCUT2D eigenvalue weighted by atomic mass is 79.9. The molecule has 27 heavy (non-hydrogen) atoms. The number of methoxy groups -OCH3 is 1. The van der Waals surface area contributed by atoms with Gasteiger partial charge in [0.15, 0.2) is 18.1 Å². The number of carbonyl (C=O) groups excluding carboxylic acids is 1. The van der Waals surface area contributed by atoms with Gasteiger partial charge in [-0.1, -0.05) is 6.07 Å². The van der Waals surface area contributed by atoms with E-state index in [1.54, 1.807) is 6.07 Å². The standard InChI is InChI=1S/C18H17Br3N2O4/c1-9-4-10(2)18(12(19)5-9)27-8-14(24)23-22-7-11-6-13(26-3)17(25)16(21)15(11)20/h4-7,25H,8H2,1-3H3,(H,23,24). The number of benzene rings is 2. The number of phenols is 1. The summed E-state index contributed by atoms with van der Waals surface area (Å²) in [6.45, 7) is 3.72. The minimum atomic E-state index is -0.404. The van der Waals surface area contributed by atoms with Gasteiger partial charge < -0.3 is 14.6 Å². The molecule has 2 aromatic carbocycles. The monoisotopic (exact) mass is 562 g/mol. The van der Waals surface area contributed by atoms with Crippen molar-refractivity contribution >= 4 is 59.9 Å². The first-order chi connectivity index (χ1) is 12.7. The first-order valence-electron chi connectivity index (χ1n) is 7.71. The SMILES string of the molecule is COc1cc(C=NNC(=O)COc2c(C)cc(C)cc2Br)c(Br)c(Br)c1O. The lowest BCUT2D eigenvalue weighted by atomic mass is 10.1. The zero-order chi connectivity index (χ0) is 20.1. The Morgan fingerprint density at radius 3 is 2.56 bits per heavy atom. The number of hydrazone groups is 1. The van der Waals surface area contributed by atoms with Gasteiger partial charge in [0.2, 0.25) is 0 Å². The second-order valence-corrected chi connectivity index (χ2v) is 8.06. The fourth-order valence-corrected chi connectivity index (χ4v) is 3.91. The quantitative estimate of drug-likeness (QED) is 0.389. The molecule has 0 aromatic heterocycles. The average molecular weight is 565 g/mol. The van der Waals surface area contributed by atoms with E-state index in [9.17, 15) is 9.90 Å². The smallest absolute Gasteiger partial charge is 0.277 e. The van der Waals surface area contributed by atoms with Crippen molar-refractivity contribution in [2.45, 2.75) is 13.8 Å². The molecule has 2 aromatic rings. The normalized spacial score (nSPS) is 10.9. The molecule has 0 fully saturated rings. The number of carbonyl (C=O) groups is 1. The van der Waals surface area contributed by atoms with E-state index in [0.717, 1.165) is 15.6 Å². The average Bonchev–Trinajstić information content (AvgIpc) is 2.60. The number of nitrogens with one attached hydrogen (secondary N) is 1. The van der Waals surface area contributed by atoms with Crippen LogP contribution in [0, 0.1) is 13.8 Å². The molecule has 0 spiro atoms. The second-order valence-electron chi connectivity index (χ2n) is 5.62. The third-order valence-corrected chi connectivity index (χ3v) is 6.26. The van der Waals surface area contributed by atoms with Crippen LogP contribution in [-0.2, 0) is 4.79 Å². The van der Waals surface area contributed by atoms with Gasteiger partial charge in [-0.2, -0.15) is 5.10 Å². The van der Waals surface area contributed by atoms with Crippen LogP contribution in [-0.4, -0.2) is 30.9 Å². The van der Waals surface area contributed by atoms with Gasteiger partial charge in [-0.05, 0) is 84.9 Å². The number of ether oxygens (including phenoxy) is 2. The number of rotatable bonds is 6. The number of phenolic OH excluding ortho intramolecular Hbond substituents is 1. The van der Waals surface area contributed by atoms with Crippen LogP contribution in [0.2, 0.25) is 0 Å². The van der Waals surface area contributed by atoms with Crippen LogP contribution in [0.25, 0.3) is 0 Å². The number of amides is 1. The zero-order valence-corrected chi connectivity index (χ0v) is 19.5.